The van der Waals surface area contributed by atoms with Crippen molar-refractivity contribution in [1.29, 1.82) is 0 Å². The molecule has 190 valence electrons. The molecule has 0 spiro atoms. The fraction of sp³-hybridized carbons (Fsp3) is 0.143. The van der Waals surface area contributed by atoms with E-state index in [0.29, 0.717) is 45.7 Å². The highest BCUT2D eigenvalue weighted by molar-refractivity contribution is 6.06. The highest BCUT2D eigenvalue weighted by atomic mass is 19.4. The van der Waals surface area contributed by atoms with Gasteiger partial charge in [-0.1, -0.05) is 6.07 Å². The summed E-state index contributed by atoms with van der Waals surface area (Å²) in [7, 11) is 0. The van der Waals surface area contributed by atoms with Crippen LogP contribution in [0.4, 0.5) is 30.2 Å². The number of nitrogens with two attached hydrogens (primary N) is 2. The third-order valence-electron chi connectivity index (χ3n) is 6.01. The molecule has 3 aromatic carbocycles. The van der Waals surface area contributed by atoms with Gasteiger partial charge < -0.3 is 22.1 Å². The standard InChI is InChI=1S/C28H25F3N4O2/c1-16-14-22(11-13-23(16)24-12-8-20(33)15-25(24)28(29,30)31)35-27(37)18-4-9-21(10-5-18)34-26(36)17-2-6-19(32)7-3-17/h2-7,9-11,13-15H,8,12,32-33H2,1H3,(H,34,36)(H,35,37). The summed E-state index contributed by atoms with van der Waals surface area (Å²) in [6.45, 7) is 1.70. The Hall–Kier alpha value is -4.53. The first kappa shape index (κ1) is 25.6. The quantitative estimate of drug-likeness (QED) is 0.317. The van der Waals surface area contributed by atoms with E-state index < -0.39 is 17.7 Å². The molecule has 0 unspecified atom stereocenters. The molecule has 0 atom stereocenters. The van der Waals surface area contributed by atoms with Gasteiger partial charge in [0.15, 0.2) is 0 Å². The molecular weight excluding hydrogens is 481 g/mol. The van der Waals surface area contributed by atoms with Crippen LogP contribution in [0.3, 0.4) is 0 Å². The minimum atomic E-state index is -4.51. The summed E-state index contributed by atoms with van der Waals surface area (Å²) in [5.41, 5.74) is 14.3. The molecule has 0 aromatic heterocycles. The number of carbonyl (C=O) groups excluding carboxylic acids is 2. The zero-order valence-corrected chi connectivity index (χ0v) is 19.9. The van der Waals surface area contributed by atoms with Gasteiger partial charge in [-0.15, -0.1) is 0 Å². The number of benzene rings is 3. The highest BCUT2D eigenvalue weighted by Gasteiger charge is 2.36. The SMILES string of the molecule is Cc1cc(NC(=O)c2ccc(NC(=O)c3ccc(N)cc3)cc2)ccc1C1=C(C(F)(F)F)C=C(N)CC1. The van der Waals surface area contributed by atoms with Gasteiger partial charge in [0.25, 0.3) is 11.8 Å². The molecule has 2 amide bonds. The second-order valence-electron chi connectivity index (χ2n) is 8.75. The molecule has 0 saturated carbocycles. The molecule has 1 aliphatic carbocycles. The van der Waals surface area contributed by atoms with Crippen molar-refractivity contribution >= 4 is 34.4 Å². The minimum Gasteiger partial charge on any atom is -0.402 e. The topological polar surface area (TPSA) is 110 Å². The van der Waals surface area contributed by atoms with Gasteiger partial charge in [0.2, 0.25) is 0 Å². The van der Waals surface area contributed by atoms with Crippen LogP contribution < -0.4 is 22.1 Å². The monoisotopic (exact) mass is 506 g/mol. The Labute approximate surface area is 211 Å². The number of halogens is 3. The van der Waals surface area contributed by atoms with E-state index in [1.165, 1.54) is 0 Å². The van der Waals surface area contributed by atoms with Crippen LogP contribution in [0.2, 0.25) is 0 Å². The number of alkyl halides is 3. The maximum atomic E-state index is 13.6. The zero-order valence-electron chi connectivity index (χ0n) is 19.9. The first-order valence-electron chi connectivity index (χ1n) is 11.5. The van der Waals surface area contributed by atoms with Crippen molar-refractivity contribution in [1.82, 2.24) is 0 Å². The summed E-state index contributed by atoms with van der Waals surface area (Å²) in [6.07, 6.45) is -2.98. The molecule has 0 radical (unpaired) electrons. The molecule has 0 saturated heterocycles. The number of amides is 2. The van der Waals surface area contributed by atoms with Gasteiger partial charge >= 0.3 is 6.18 Å². The smallest absolute Gasteiger partial charge is 0.402 e. The predicted molar refractivity (Wildman–Crippen MR) is 139 cm³/mol. The zero-order chi connectivity index (χ0) is 26.7. The number of nitrogen functional groups attached to an aromatic ring is 1. The molecule has 0 aliphatic heterocycles. The molecule has 0 heterocycles. The van der Waals surface area contributed by atoms with E-state index in [2.05, 4.69) is 10.6 Å². The van der Waals surface area contributed by atoms with E-state index in [1.54, 1.807) is 73.7 Å². The summed E-state index contributed by atoms with van der Waals surface area (Å²) in [6, 6.07) is 17.6. The molecule has 0 fully saturated rings. The number of hydrogen-bond donors (Lipinski definition) is 4. The van der Waals surface area contributed by atoms with Gasteiger partial charge in [0.05, 0.1) is 5.57 Å². The summed E-state index contributed by atoms with van der Waals surface area (Å²) in [5, 5.41) is 5.51. The van der Waals surface area contributed by atoms with E-state index in [-0.39, 0.29) is 23.6 Å². The summed E-state index contributed by atoms with van der Waals surface area (Å²) in [5.74, 6) is -0.708. The number of aryl methyl sites for hydroxylation is 1. The van der Waals surface area contributed by atoms with Gasteiger partial charge in [-0.2, -0.15) is 13.2 Å². The molecule has 9 heteroatoms. The van der Waals surface area contributed by atoms with E-state index in [0.717, 1.165) is 6.08 Å². The molecule has 4 rings (SSSR count). The maximum Gasteiger partial charge on any atom is 0.416 e. The van der Waals surface area contributed by atoms with Crippen LogP contribution in [0.5, 0.6) is 0 Å². The Morgan fingerprint density at radius 2 is 1.32 bits per heavy atom. The third-order valence-corrected chi connectivity index (χ3v) is 6.01. The number of carbonyl (C=O) groups is 2. The van der Waals surface area contributed by atoms with E-state index in [4.69, 9.17) is 11.5 Å². The lowest BCUT2D eigenvalue weighted by Gasteiger charge is -2.22. The van der Waals surface area contributed by atoms with Crippen LogP contribution in [0.15, 0.2) is 84.1 Å². The first-order chi connectivity index (χ1) is 17.5. The van der Waals surface area contributed by atoms with Crippen LogP contribution >= 0.6 is 0 Å². The second-order valence-corrected chi connectivity index (χ2v) is 8.75. The van der Waals surface area contributed by atoms with Crippen molar-refractivity contribution in [3.05, 3.63) is 106 Å². The highest BCUT2D eigenvalue weighted by Crippen LogP contribution is 2.40. The van der Waals surface area contributed by atoms with Gasteiger partial charge in [0.1, 0.15) is 0 Å². The molecule has 6 nitrogen and oxygen atoms in total. The van der Waals surface area contributed by atoms with Crippen molar-refractivity contribution in [2.24, 2.45) is 5.73 Å². The molecular formula is C28H25F3N4O2. The predicted octanol–water partition coefficient (Wildman–Crippen LogP) is 6.03. The average Bonchev–Trinajstić information content (AvgIpc) is 2.84. The Bertz CT molecular complexity index is 1410. The van der Waals surface area contributed by atoms with Crippen LogP contribution in [-0.4, -0.2) is 18.0 Å². The van der Waals surface area contributed by atoms with Crippen molar-refractivity contribution < 1.29 is 22.8 Å². The van der Waals surface area contributed by atoms with Crippen LogP contribution in [-0.2, 0) is 0 Å². The maximum absolute atomic E-state index is 13.6. The van der Waals surface area contributed by atoms with Gasteiger partial charge in [-0.3, -0.25) is 9.59 Å². The normalized spacial score (nSPS) is 13.7. The Morgan fingerprint density at radius 3 is 1.89 bits per heavy atom. The summed E-state index contributed by atoms with van der Waals surface area (Å²) < 4.78 is 40.7. The second kappa shape index (κ2) is 10.2. The number of anilines is 3. The lowest BCUT2D eigenvalue weighted by atomic mass is 9.87. The van der Waals surface area contributed by atoms with Gasteiger partial charge in [-0.05, 0) is 103 Å². The van der Waals surface area contributed by atoms with Gasteiger partial charge in [-0.25, -0.2) is 0 Å². The largest absolute Gasteiger partial charge is 0.416 e. The number of rotatable bonds is 5. The molecule has 37 heavy (non-hydrogen) atoms. The van der Waals surface area contributed by atoms with Crippen LogP contribution in [0.1, 0.15) is 44.7 Å². The lowest BCUT2D eigenvalue weighted by molar-refractivity contribution is -0.0880. The van der Waals surface area contributed by atoms with Crippen molar-refractivity contribution in [3.8, 4) is 0 Å². The number of allylic oxidation sites excluding steroid dienone is 4. The van der Waals surface area contributed by atoms with Crippen LogP contribution in [0.25, 0.3) is 5.57 Å². The fourth-order valence-electron chi connectivity index (χ4n) is 4.11. The van der Waals surface area contributed by atoms with Crippen molar-refractivity contribution in [3.63, 3.8) is 0 Å². The molecule has 0 bridgehead atoms. The van der Waals surface area contributed by atoms with E-state index >= 15 is 0 Å². The molecule has 3 aromatic rings. The fourth-order valence-corrected chi connectivity index (χ4v) is 4.11. The molecule has 6 N–H and O–H groups in total. The van der Waals surface area contributed by atoms with E-state index in [1.807, 2.05) is 0 Å². The van der Waals surface area contributed by atoms with E-state index in [9.17, 15) is 22.8 Å². The van der Waals surface area contributed by atoms with Crippen LogP contribution in [0, 0.1) is 6.92 Å². The molecule has 1 aliphatic rings. The summed E-state index contributed by atoms with van der Waals surface area (Å²) in [4.78, 5) is 25.1. The summed E-state index contributed by atoms with van der Waals surface area (Å²) >= 11 is 0. The number of hydrogen-bond acceptors (Lipinski definition) is 4. The van der Waals surface area contributed by atoms with Crippen molar-refractivity contribution in [2.45, 2.75) is 25.9 Å². The Kier molecular flexibility index (Phi) is 7.06. The Balaban J connectivity index is 1.46. The Morgan fingerprint density at radius 1 is 0.784 bits per heavy atom. The van der Waals surface area contributed by atoms with Crippen molar-refractivity contribution in [2.75, 3.05) is 16.4 Å². The average molecular weight is 507 g/mol. The lowest BCUT2D eigenvalue weighted by Crippen LogP contribution is -2.18. The third kappa shape index (κ3) is 6.00. The first-order valence-corrected chi connectivity index (χ1v) is 11.5. The number of nitrogens with one attached hydrogen (secondary N) is 2. The van der Waals surface area contributed by atoms with Gasteiger partial charge in [0, 0.05) is 33.9 Å². The minimum absolute atomic E-state index is 0.185.